The zero-order valence-electron chi connectivity index (χ0n) is 21.1. The van der Waals surface area contributed by atoms with Crippen LogP contribution in [0.3, 0.4) is 0 Å². The third-order valence-corrected chi connectivity index (χ3v) is 8.69. The Labute approximate surface area is 224 Å². The van der Waals surface area contributed by atoms with E-state index in [9.17, 15) is 35.6 Å². The molecule has 0 spiro atoms. The number of anilines is 1. The SMILES string of the molecule is C[C@@H](NC(=O)[C@H]1CC[C@H](NS(=O)(=O)c2ccc3c(c2)C(NC(=O)C(F)(F)F)CCN3)CC1)c1ccc(F)cc1. The van der Waals surface area contributed by atoms with Gasteiger partial charge in [-0.2, -0.15) is 13.2 Å². The first-order valence-electron chi connectivity index (χ1n) is 12.7. The van der Waals surface area contributed by atoms with Crippen LogP contribution in [0.25, 0.3) is 0 Å². The lowest BCUT2D eigenvalue weighted by molar-refractivity contribution is -0.174. The second kappa shape index (κ2) is 11.5. The molecule has 2 atom stereocenters. The summed E-state index contributed by atoms with van der Waals surface area (Å²) in [5.74, 6) is -2.89. The van der Waals surface area contributed by atoms with Crippen molar-refractivity contribution >= 4 is 27.5 Å². The van der Waals surface area contributed by atoms with Gasteiger partial charge >= 0.3 is 12.1 Å². The summed E-state index contributed by atoms with van der Waals surface area (Å²) in [6.07, 6.45) is -3.09. The molecule has 0 saturated heterocycles. The molecule has 2 aromatic carbocycles. The number of halogens is 4. The predicted octanol–water partition coefficient (Wildman–Crippen LogP) is 4.08. The molecule has 0 radical (unpaired) electrons. The predicted molar refractivity (Wildman–Crippen MR) is 136 cm³/mol. The highest BCUT2D eigenvalue weighted by Crippen LogP contribution is 2.33. The molecule has 0 aromatic heterocycles. The Morgan fingerprint density at radius 2 is 1.67 bits per heavy atom. The summed E-state index contributed by atoms with van der Waals surface area (Å²) in [5.41, 5.74) is 1.48. The van der Waals surface area contributed by atoms with Crippen LogP contribution in [-0.4, -0.2) is 39.0 Å². The summed E-state index contributed by atoms with van der Waals surface area (Å²) in [4.78, 5) is 24.1. The van der Waals surface area contributed by atoms with Crippen molar-refractivity contribution in [2.24, 2.45) is 5.92 Å². The van der Waals surface area contributed by atoms with Gasteiger partial charge in [0, 0.05) is 24.2 Å². The topological polar surface area (TPSA) is 116 Å². The van der Waals surface area contributed by atoms with Crippen molar-refractivity contribution in [2.45, 2.75) is 68.2 Å². The van der Waals surface area contributed by atoms with Crippen LogP contribution in [0, 0.1) is 11.7 Å². The quantitative estimate of drug-likeness (QED) is 0.375. The van der Waals surface area contributed by atoms with E-state index in [1.54, 1.807) is 19.1 Å². The Bertz CT molecular complexity index is 1310. The minimum atomic E-state index is -5.05. The van der Waals surface area contributed by atoms with Crippen molar-refractivity contribution in [3.8, 4) is 0 Å². The first-order valence-corrected chi connectivity index (χ1v) is 14.2. The second-order valence-corrected chi connectivity index (χ2v) is 11.7. The maximum absolute atomic E-state index is 13.2. The van der Waals surface area contributed by atoms with Crippen molar-refractivity contribution in [2.75, 3.05) is 11.9 Å². The number of benzene rings is 2. The van der Waals surface area contributed by atoms with E-state index in [0.29, 0.717) is 37.9 Å². The van der Waals surface area contributed by atoms with Crippen LogP contribution >= 0.6 is 0 Å². The van der Waals surface area contributed by atoms with Crippen LogP contribution in [0.5, 0.6) is 0 Å². The number of nitrogens with one attached hydrogen (secondary N) is 4. The summed E-state index contributed by atoms with van der Waals surface area (Å²) in [7, 11) is -4.01. The van der Waals surface area contributed by atoms with E-state index in [-0.39, 0.29) is 40.6 Å². The fourth-order valence-electron chi connectivity index (χ4n) is 4.98. The molecule has 8 nitrogen and oxygen atoms in total. The van der Waals surface area contributed by atoms with Crippen molar-refractivity contribution in [1.82, 2.24) is 15.4 Å². The van der Waals surface area contributed by atoms with E-state index in [4.69, 9.17) is 0 Å². The van der Waals surface area contributed by atoms with Crippen LogP contribution in [0.1, 0.15) is 62.2 Å². The van der Waals surface area contributed by atoms with Crippen molar-refractivity contribution in [1.29, 1.82) is 0 Å². The number of rotatable bonds is 7. The van der Waals surface area contributed by atoms with Crippen LogP contribution in [0.2, 0.25) is 0 Å². The van der Waals surface area contributed by atoms with Gasteiger partial charge in [0.1, 0.15) is 5.82 Å². The molecule has 4 N–H and O–H groups in total. The molecule has 212 valence electrons. The zero-order valence-corrected chi connectivity index (χ0v) is 22.0. The number of carbonyl (C=O) groups is 2. The minimum absolute atomic E-state index is 0.121. The first-order chi connectivity index (χ1) is 18.3. The maximum atomic E-state index is 13.2. The Kier molecular flexibility index (Phi) is 8.50. The lowest BCUT2D eigenvalue weighted by Gasteiger charge is -2.30. The van der Waals surface area contributed by atoms with Gasteiger partial charge in [0.05, 0.1) is 17.0 Å². The van der Waals surface area contributed by atoms with Gasteiger partial charge in [0.15, 0.2) is 0 Å². The lowest BCUT2D eigenvalue weighted by Crippen LogP contribution is -2.42. The zero-order chi connectivity index (χ0) is 28.4. The first kappa shape index (κ1) is 28.8. The van der Waals surface area contributed by atoms with Gasteiger partial charge in [-0.25, -0.2) is 17.5 Å². The Morgan fingerprint density at radius 1 is 1.00 bits per heavy atom. The molecular weight excluding hydrogens is 540 g/mol. The Hall–Kier alpha value is -3.19. The largest absolute Gasteiger partial charge is 0.471 e. The molecule has 2 amide bonds. The fraction of sp³-hybridized carbons (Fsp3) is 0.462. The number of amides is 2. The third kappa shape index (κ3) is 7.07. The summed E-state index contributed by atoms with van der Waals surface area (Å²) < 4.78 is 80.3. The third-order valence-electron chi connectivity index (χ3n) is 7.17. The molecule has 1 saturated carbocycles. The molecule has 4 rings (SSSR count). The molecule has 1 aliphatic carbocycles. The molecule has 39 heavy (non-hydrogen) atoms. The number of fused-ring (bicyclic) bond motifs is 1. The summed E-state index contributed by atoms with van der Waals surface area (Å²) in [5, 5.41) is 7.87. The number of hydrogen-bond acceptors (Lipinski definition) is 5. The maximum Gasteiger partial charge on any atom is 0.471 e. The van der Waals surface area contributed by atoms with Crippen molar-refractivity contribution < 1.29 is 35.6 Å². The van der Waals surface area contributed by atoms with Crippen molar-refractivity contribution in [3.05, 3.63) is 59.4 Å². The standard InChI is InChI=1S/C26H30F4N4O4S/c1-15(16-2-6-18(27)7-3-16)32-24(35)17-4-8-19(9-5-17)34-39(37,38)20-10-11-22-21(14-20)23(12-13-31-22)33-25(36)26(28,29)30/h2-3,6-7,10-11,14-15,17,19,23,31,34H,4-5,8-9,12-13H2,1H3,(H,32,35)(H,33,36)/t15-,17-,19-,23?/m1/s1. The molecule has 0 bridgehead atoms. The molecular formula is C26H30F4N4O4S. The average Bonchev–Trinajstić information content (AvgIpc) is 2.88. The smallest absolute Gasteiger partial charge is 0.385 e. The van der Waals surface area contributed by atoms with Crippen molar-refractivity contribution in [3.63, 3.8) is 0 Å². The average molecular weight is 571 g/mol. The van der Waals surface area contributed by atoms with E-state index < -0.39 is 34.2 Å². The minimum Gasteiger partial charge on any atom is -0.385 e. The van der Waals surface area contributed by atoms with E-state index >= 15 is 0 Å². The van der Waals surface area contributed by atoms with E-state index in [2.05, 4.69) is 15.4 Å². The summed E-state index contributed by atoms with van der Waals surface area (Å²) in [6.45, 7) is 2.12. The molecule has 2 aromatic rings. The van der Waals surface area contributed by atoms with Gasteiger partial charge < -0.3 is 16.0 Å². The number of carbonyl (C=O) groups excluding carboxylic acids is 2. The van der Waals surface area contributed by atoms with Crippen LogP contribution in [0.4, 0.5) is 23.2 Å². The molecule has 1 unspecified atom stereocenters. The van der Waals surface area contributed by atoms with E-state index in [1.807, 2.05) is 5.32 Å². The monoisotopic (exact) mass is 570 g/mol. The normalized spacial score (nSPS) is 22.2. The molecule has 2 aliphatic rings. The van der Waals surface area contributed by atoms with Gasteiger partial charge in [-0.3, -0.25) is 9.59 Å². The number of alkyl halides is 3. The lowest BCUT2D eigenvalue weighted by atomic mass is 9.85. The van der Waals surface area contributed by atoms with E-state index in [0.717, 1.165) is 5.56 Å². The molecule has 1 fully saturated rings. The van der Waals surface area contributed by atoms with Crippen LogP contribution in [-0.2, 0) is 19.6 Å². The fourth-order valence-corrected chi connectivity index (χ4v) is 6.32. The van der Waals surface area contributed by atoms with Gasteiger partial charge in [-0.05, 0) is 80.5 Å². The van der Waals surface area contributed by atoms with Crippen LogP contribution in [0.15, 0.2) is 47.4 Å². The highest BCUT2D eigenvalue weighted by molar-refractivity contribution is 7.89. The van der Waals surface area contributed by atoms with Gasteiger partial charge in [0.2, 0.25) is 15.9 Å². The number of hydrogen-bond donors (Lipinski definition) is 4. The number of sulfonamides is 1. The Balaban J connectivity index is 1.35. The molecule has 1 heterocycles. The second-order valence-electron chi connectivity index (χ2n) is 9.94. The molecule has 1 aliphatic heterocycles. The van der Waals surface area contributed by atoms with Crippen LogP contribution < -0.4 is 20.7 Å². The highest BCUT2D eigenvalue weighted by Gasteiger charge is 2.40. The Morgan fingerprint density at radius 3 is 2.31 bits per heavy atom. The van der Waals surface area contributed by atoms with E-state index in [1.165, 1.54) is 30.3 Å². The highest BCUT2D eigenvalue weighted by atomic mass is 32.2. The van der Waals surface area contributed by atoms with Gasteiger partial charge in [-0.1, -0.05) is 12.1 Å². The summed E-state index contributed by atoms with van der Waals surface area (Å²) in [6, 6.07) is 8.26. The molecule has 13 heteroatoms. The van der Waals surface area contributed by atoms with Gasteiger partial charge in [-0.15, -0.1) is 0 Å². The summed E-state index contributed by atoms with van der Waals surface area (Å²) >= 11 is 0. The van der Waals surface area contributed by atoms with Gasteiger partial charge in [0.25, 0.3) is 0 Å².